The van der Waals surface area contributed by atoms with Crippen molar-refractivity contribution in [3.63, 3.8) is 0 Å². The van der Waals surface area contributed by atoms with Crippen LogP contribution in [0.1, 0.15) is 18.9 Å². The van der Waals surface area contributed by atoms with Gasteiger partial charge in [-0.1, -0.05) is 0 Å². The van der Waals surface area contributed by atoms with Gasteiger partial charge in [-0.2, -0.15) is 0 Å². The number of nitrogens with one attached hydrogen (secondary N) is 1. The second kappa shape index (κ2) is 5.27. The predicted molar refractivity (Wildman–Crippen MR) is 53.7 cm³/mol. The van der Waals surface area contributed by atoms with Crippen LogP contribution in [-0.4, -0.2) is 12.6 Å². The van der Waals surface area contributed by atoms with Gasteiger partial charge in [-0.15, -0.1) is 0 Å². The first-order valence-electron chi connectivity index (χ1n) is 4.39. The van der Waals surface area contributed by atoms with E-state index in [0.29, 0.717) is 17.8 Å². The Morgan fingerprint density at radius 2 is 2.46 bits per heavy atom. The van der Waals surface area contributed by atoms with E-state index in [9.17, 15) is 0 Å². The quantitative estimate of drug-likeness (QED) is 0.765. The summed E-state index contributed by atoms with van der Waals surface area (Å²) in [6, 6.07) is 2.28. The fourth-order valence-electron chi connectivity index (χ4n) is 1.08. The molecule has 0 radical (unpaired) electrons. The van der Waals surface area contributed by atoms with Crippen LogP contribution in [-0.2, 0) is 6.54 Å². The third-order valence-electron chi connectivity index (χ3n) is 1.93. The van der Waals surface area contributed by atoms with Gasteiger partial charge in [0.2, 0.25) is 0 Å². The van der Waals surface area contributed by atoms with E-state index in [4.69, 9.17) is 21.8 Å². The first-order chi connectivity index (χ1) is 6.24. The molecule has 1 rings (SSSR count). The van der Waals surface area contributed by atoms with Crippen molar-refractivity contribution in [1.82, 2.24) is 5.32 Å². The normalized spacial score (nSPS) is 13.2. The van der Waals surface area contributed by atoms with Crippen molar-refractivity contribution in [2.75, 3.05) is 6.54 Å². The minimum atomic E-state index is 0.413. The lowest BCUT2D eigenvalue weighted by molar-refractivity contribution is 0.513. The number of hydrogen-bond donors (Lipinski definition) is 2. The molecule has 0 spiro atoms. The zero-order valence-corrected chi connectivity index (χ0v) is 8.47. The minimum absolute atomic E-state index is 0.413. The first kappa shape index (κ1) is 10.6. The summed E-state index contributed by atoms with van der Waals surface area (Å²) in [6.45, 7) is 3.53. The van der Waals surface area contributed by atoms with Gasteiger partial charge in [0.15, 0.2) is 5.22 Å². The molecule has 74 valence electrons. The topological polar surface area (TPSA) is 51.2 Å². The Morgan fingerprint density at radius 3 is 3.00 bits per heavy atom. The molecule has 1 heterocycles. The molecular weight excluding hydrogens is 188 g/mol. The number of furan rings is 1. The maximum Gasteiger partial charge on any atom is 0.197 e. The zero-order valence-electron chi connectivity index (χ0n) is 7.72. The standard InChI is InChI=1S/C9H15ClN2O/c1-7(2-4-11)12-6-8-3-5-13-9(8)10/h3,5,7,12H,2,4,6,11H2,1H3. The summed E-state index contributed by atoms with van der Waals surface area (Å²) in [5.41, 5.74) is 6.41. The minimum Gasteiger partial charge on any atom is -0.453 e. The maximum absolute atomic E-state index is 5.77. The predicted octanol–water partition coefficient (Wildman–Crippen LogP) is 1.76. The fourth-order valence-corrected chi connectivity index (χ4v) is 1.26. The van der Waals surface area contributed by atoms with Gasteiger partial charge in [0, 0.05) is 18.2 Å². The number of rotatable bonds is 5. The highest BCUT2D eigenvalue weighted by atomic mass is 35.5. The second-order valence-corrected chi connectivity index (χ2v) is 3.42. The molecule has 4 heteroatoms. The highest BCUT2D eigenvalue weighted by Crippen LogP contribution is 2.16. The summed E-state index contributed by atoms with van der Waals surface area (Å²) in [5, 5.41) is 3.77. The number of nitrogens with two attached hydrogens (primary N) is 1. The van der Waals surface area contributed by atoms with Crippen LogP contribution in [0.3, 0.4) is 0 Å². The molecule has 1 aromatic heterocycles. The Labute approximate surface area is 83.2 Å². The summed E-state index contributed by atoms with van der Waals surface area (Å²) >= 11 is 5.77. The van der Waals surface area contributed by atoms with Crippen molar-refractivity contribution in [3.8, 4) is 0 Å². The van der Waals surface area contributed by atoms with E-state index >= 15 is 0 Å². The van der Waals surface area contributed by atoms with E-state index in [1.165, 1.54) is 0 Å². The van der Waals surface area contributed by atoms with Crippen LogP contribution >= 0.6 is 11.6 Å². The van der Waals surface area contributed by atoms with Crippen molar-refractivity contribution in [2.45, 2.75) is 25.9 Å². The van der Waals surface area contributed by atoms with E-state index in [1.807, 2.05) is 6.07 Å². The molecule has 0 aliphatic heterocycles. The van der Waals surface area contributed by atoms with Gasteiger partial charge in [0.05, 0.1) is 6.26 Å². The van der Waals surface area contributed by atoms with Crippen LogP contribution in [0, 0.1) is 0 Å². The average Bonchev–Trinajstić information content (AvgIpc) is 2.48. The summed E-state index contributed by atoms with van der Waals surface area (Å²) in [5.74, 6) is 0. The first-order valence-corrected chi connectivity index (χ1v) is 4.77. The molecule has 1 aromatic rings. The monoisotopic (exact) mass is 202 g/mol. The average molecular weight is 203 g/mol. The largest absolute Gasteiger partial charge is 0.453 e. The van der Waals surface area contributed by atoms with Gasteiger partial charge >= 0.3 is 0 Å². The van der Waals surface area contributed by atoms with E-state index in [0.717, 1.165) is 18.5 Å². The van der Waals surface area contributed by atoms with Crippen LogP contribution in [0.4, 0.5) is 0 Å². The van der Waals surface area contributed by atoms with Crippen LogP contribution in [0.25, 0.3) is 0 Å². The van der Waals surface area contributed by atoms with Gasteiger partial charge in [-0.25, -0.2) is 0 Å². The van der Waals surface area contributed by atoms with Crippen molar-refractivity contribution in [1.29, 1.82) is 0 Å². The van der Waals surface area contributed by atoms with Gasteiger partial charge in [0.25, 0.3) is 0 Å². The van der Waals surface area contributed by atoms with Gasteiger partial charge in [0.1, 0.15) is 0 Å². The molecule has 3 N–H and O–H groups in total. The molecule has 0 fully saturated rings. The molecule has 1 unspecified atom stereocenters. The molecular formula is C9H15ClN2O. The smallest absolute Gasteiger partial charge is 0.197 e. The maximum atomic E-state index is 5.77. The summed E-state index contributed by atoms with van der Waals surface area (Å²) in [4.78, 5) is 0. The van der Waals surface area contributed by atoms with Crippen molar-refractivity contribution in [2.24, 2.45) is 5.73 Å². The number of halogens is 1. The molecule has 0 amide bonds. The highest BCUT2D eigenvalue weighted by molar-refractivity contribution is 6.29. The Kier molecular flexibility index (Phi) is 4.28. The fraction of sp³-hybridized carbons (Fsp3) is 0.556. The summed E-state index contributed by atoms with van der Waals surface area (Å²) < 4.78 is 4.96. The lowest BCUT2D eigenvalue weighted by Gasteiger charge is -2.11. The van der Waals surface area contributed by atoms with Crippen LogP contribution < -0.4 is 11.1 Å². The Hall–Kier alpha value is -0.510. The third kappa shape index (κ3) is 3.38. The SMILES string of the molecule is CC(CCN)NCc1ccoc1Cl. The van der Waals surface area contributed by atoms with E-state index in [2.05, 4.69) is 12.2 Å². The Balaban J connectivity index is 2.30. The Bertz CT molecular complexity index is 250. The zero-order chi connectivity index (χ0) is 9.68. The van der Waals surface area contributed by atoms with Gasteiger partial charge in [-0.05, 0) is 37.6 Å². The molecule has 0 aliphatic carbocycles. The van der Waals surface area contributed by atoms with Crippen molar-refractivity contribution in [3.05, 3.63) is 23.1 Å². The van der Waals surface area contributed by atoms with Crippen LogP contribution in [0.15, 0.2) is 16.7 Å². The molecule has 0 aromatic carbocycles. The Morgan fingerprint density at radius 1 is 1.69 bits per heavy atom. The molecule has 0 saturated carbocycles. The van der Waals surface area contributed by atoms with Gasteiger partial charge < -0.3 is 15.5 Å². The number of hydrogen-bond acceptors (Lipinski definition) is 3. The third-order valence-corrected chi connectivity index (χ3v) is 2.27. The van der Waals surface area contributed by atoms with E-state index < -0.39 is 0 Å². The molecule has 13 heavy (non-hydrogen) atoms. The molecule has 3 nitrogen and oxygen atoms in total. The van der Waals surface area contributed by atoms with Crippen molar-refractivity contribution < 1.29 is 4.42 Å². The molecule has 0 aliphatic rings. The van der Waals surface area contributed by atoms with Crippen LogP contribution in [0.2, 0.25) is 5.22 Å². The summed E-state index contributed by atoms with van der Waals surface area (Å²) in [7, 11) is 0. The highest BCUT2D eigenvalue weighted by Gasteiger charge is 2.04. The molecule has 1 atom stereocenters. The molecule has 0 bridgehead atoms. The van der Waals surface area contributed by atoms with Crippen LogP contribution in [0.5, 0.6) is 0 Å². The second-order valence-electron chi connectivity index (χ2n) is 3.08. The molecule has 0 saturated heterocycles. The van der Waals surface area contributed by atoms with E-state index in [1.54, 1.807) is 6.26 Å². The van der Waals surface area contributed by atoms with Gasteiger partial charge in [-0.3, -0.25) is 0 Å². The lowest BCUT2D eigenvalue weighted by atomic mass is 10.2. The van der Waals surface area contributed by atoms with Crippen molar-refractivity contribution >= 4 is 11.6 Å². The lowest BCUT2D eigenvalue weighted by Crippen LogP contribution is -2.27. The summed E-state index contributed by atoms with van der Waals surface area (Å²) in [6.07, 6.45) is 2.56. The van der Waals surface area contributed by atoms with E-state index in [-0.39, 0.29) is 0 Å².